The average molecular weight is 460 g/mol. The predicted octanol–water partition coefficient (Wildman–Crippen LogP) is 6.20. The number of carbonyl (C=O) groups is 1. The molecule has 1 N–H and O–H groups in total. The maximum atomic E-state index is 12.5. The third kappa shape index (κ3) is 5.10. The van der Waals surface area contributed by atoms with Gasteiger partial charge in [-0.05, 0) is 55.3 Å². The number of ether oxygens (including phenoxy) is 1. The van der Waals surface area contributed by atoms with E-state index in [1.807, 2.05) is 36.4 Å². The molecule has 33 heavy (non-hydrogen) atoms. The van der Waals surface area contributed by atoms with E-state index in [0.29, 0.717) is 18.7 Å². The Kier molecular flexibility index (Phi) is 7.10. The minimum absolute atomic E-state index is 0.272. The number of amides is 1. The highest BCUT2D eigenvalue weighted by molar-refractivity contribution is 6.31. The summed E-state index contributed by atoms with van der Waals surface area (Å²) in [6, 6.07) is 23.1. The first-order valence-electron chi connectivity index (χ1n) is 11.0. The number of rotatable bonds is 8. The van der Waals surface area contributed by atoms with Gasteiger partial charge < -0.3 is 9.30 Å². The van der Waals surface area contributed by atoms with Crippen LogP contribution in [-0.4, -0.2) is 23.3 Å². The minimum Gasteiger partial charge on any atom is -0.494 e. The maximum absolute atomic E-state index is 12.5. The SMILES string of the molecule is CCCOc1ccc(C(=O)N/N=C\c2c(C)n(Cc3ccccc3Cl)c3ccccc23)cc1. The molecule has 1 heterocycles. The van der Waals surface area contributed by atoms with Crippen molar-refractivity contribution in [1.29, 1.82) is 0 Å². The summed E-state index contributed by atoms with van der Waals surface area (Å²) < 4.78 is 7.78. The van der Waals surface area contributed by atoms with E-state index in [0.717, 1.165) is 44.9 Å². The largest absolute Gasteiger partial charge is 0.494 e. The smallest absolute Gasteiger partial charge is 0.271 e. The van der Waals surface area contributed by atoms with E-state index in [9.17, 15) is 4.79 Å². The summed E-state index contributed by atoms with van der Waals surface area (Å²) in [5, 5.41) is 6.05. The standard InChI is InChI=1S/C27H26ClN3O2/c1-3-16-33-22-14-12-20(13-15-22)27(32)30-29-17-24-19(2)31(26-11-7-5-9-23(24)26)18-21-8-4-6-10-25(21)28/h4-15,17H,3,16,18H2,1-2H3,(H,30,32)/b29-17-. The van der Waals surface area contributed by atoms with Crippen molar-refractivity contribution in [2.45, 2.75) is 26.8 Å². The predicted molar refractivity (Wildman–Crippen MR) is 135 cm³/mol. The first-order valence-corrected chi connectivity index (χ1v) is 11.3. The van der Waals surface area contributed by atoms with Crippen LogP contribution in [0.5, 0.6) is 5.75 Å². The van der Waals surface area contributed by atoms with Crippen molar-refractivity contribution in [1.82, 2.24) is 9.99 Å². The zero-order valence-electron chi connectivity index (χ0n) is 18.7. The van der Waals surface area contributed by atoms with Gasteiger partial charge in [0, 0.05) is 39.3 Å². The van der Waals surface area contributed by atoms with Crippen molar-refractivity contribution in [2.24, 2.45) is 5.10 Å². The van der Waals surface area contributed by atoms with Crippen LogP contribution in [0.2, 0.25) is 5.02 Å². The molecule has 0 fully saturated rings. The molecule has 0 atom stereocenters. The fourth-order valence-electron chi connectivity index (χ4n) is 3.76. The van der Waals surface area contributed by atoms with E-state index in [1.165, 1.54) is 0 Å². The molecule has 4 aromatic rings. The monoisotopic (exact) mass is 459 g/mol. The number of nitrogens with one attached hydrogen (secondary N) is 1. The second-order valence-corrected chi connectivity index (χ2v) is 8.17. The van der Waals surface area contributed by atoms with E-state index >= 15 is 0 Å². The summed E-state index contributed by atoms with van der Waals surface area (Å²) in [5.74, 6) is 0.476. The Hall–Kier alpha value is -3.57. The number of halogens is 1. The van der Waals surface area contributed by atoms with Crippen LogP contribution in [0, 0.1) is 6.92 Å². The highest BCUT2D eigenvalue weighted by Crippen LogP contribution is 2.27. The summed E-state index contributed by atoms with van der Waals surface area (Å²) in [6.45, 7) is 5.41. The van der Waals surface area contributed by atoms with Gasteiger partial charge in [-0.3, -0.25) is 4.79 Å². The van der Waals surface area contributed by atoms with E-state index < -0.39 is 0 Å². The normalized spacial score (nSPS) is 11.2. The first-order chi connectivity index (χ1) is 16.1. The van der Waals surface area contributed by atoms with Gasteiger partial charge in [0.15, 0.2) is 0 Å². The molecule has 4 rings (SSSR count). The number of carbonyl (C=O) groups excluding carboxylic acids is 1. The Morgan fingerprint density at radius 1 is 1.06 bits per heavy atom. The second kappa shape index (κ2) is 10.4. The zero-order chi connectivity index (χ0) is 23.2. The van der Waals surface area contributed by atoms with Gasteiger partial charge in [0.2, 0.25) is 0 Å². The van der Waals surface area contributed by atoms with Gasteiger partial charge in [-0.1, -0.05) is 54.9 Å². The van der Waals surface area contributed by atoms with Gasteiger partial charge in [0.25, 0.3) is 5.91 Å². The molecule has 5 nitrogen and oxygen atoms in total. The molecular formula is C27H26ClN3O2. The number of fused-ring (bicyclic) bond motifs is 1. The average Bonchev–Trinajstić information content (AvgIpc) is 3.10. The molecule has 0 radical (unpaired) electrons. The van der Waals surface area contributed by atoms with Crippen molar-refractivity contribution in [3.05, 3.63) is 100 Å². The number of benzene rings is 3. The van der Waals surface area contributed by atoms with Crippen molar-refractivity contribution in [3.63, 3.8) is 0 Å². The molecule has 0 aliphatic rings. The summed E-state index contributed by atoms with van der Waals surface area (Å²) in [5.41, 5.74) is 7.29. The Morgan fingerprint density at radius 2 is 1.79 bits per heavy atom. The lowest BCUT2D eigenvalue weighted by Crippen LogP contribution is -2.17. The van der Waals surface area contributed by atoms with Crippen LogP contribution in [0.15, 0.2) is 77.9 Å². The molecule has 0 aliphatic heterocycles. The van der Waals surface area contributed by atoms with E-state index in [4.69, 9.17) is 16.3 Å². The lowest BCUT2D eigenvalue weighted by atomic mass is 10.1. The van der Waals surface area contributed by atoms with E-state index in [-0.39, 0.29) is 5.91 Å². The molecule has 1 amide bonds. The summed E-state index contributed by atoms with van der Waals surface area (Å²) in [6.07, 6.45) is 2.64. The molecule has 0 spiro atoms. The third-order valence-corrected chi connectivity index (χ3v) is 5.88. The lowest BCUT2D eigenvalue weighted by molar-refractivity contribution is 0.0955. The van der Waals surface area contributed by atoms with Crippen molar-refractivity contribution < 1.29 is 9.53 Å². The van der Waals surface area contributed by atoms with Crippen molar-refractivity contribution in [2.75, 3.05) is 6.61 Å². The highest BCUT2D eigenvalue weighted by Gasteiger charge is 2.14. The molecule has 0 bridgehead atoms. The molecule has 0 saturated heterocycles. The number of para-hydroxylation sites is 1. The fraction of sp³-hybridized carbons (Fsp3) is 0.185. The van der Waals surface area contributed by atoms with Crippen molar-refractivity contribution >= 4 is 34.6 Å². The summed E-state index contributed by atoms with van der Waals surface area (Å²) in [7, 11) is 0. The Balaban J connectivity index is 1.54. The van der Waals surface area contributed by atoms with Gasteiger partial charge in [-0.2, -0.15) is 5.10 Å². The molecule has 0 aliphatic carbocycles. The first kappa shape index (κ1) is 22.6. The second-order valence-electron chi connectivity index (χ2n) is 7.77. The molecule has 0 saturated carbocycles. The molecule has 3 aromatic carbocycles. The molecule has 0 unspecified atom stereocenters. The highest BCUT2D eigenvalue weighted by atomic mass is 35.5. The van der Waals surface area contributed by atoms with Crippen LogP contribution >= 0.6 is 11.6 Å². The Morgan fingerprint density at radius 3 is 2.55 bits per heavy atom. The van der Waals surface area contributed by atoms with Gasteiger partial charge in [-0.15, -0.1) is 0 Å². The maximum Gasteiger partial charge on any atom is 0.271 e. The van der Waals surface area contributed by atoms with Crippen LogP contribution in [0.3, 0.4) is 0 Å². The van der Waals surface area contributed by atoms with Crippen LogP contribution < -0.4 is 10.2 Å². The van der Waals surface area contributed by atoms with Gasteiger partial charge in [0.1, 0.15) is 5.75 Å². The molecular weight excluding hydrogens is 434 g/mol. The lowest BCUT2D eigenvalue weighted by Gasteiger charge is -2.10. The summed E-state index contributed by atoms with van der Waals surface area (Å²) in [4.78, 5) is 12.5. The number of aromatic nitrogens is 1. The fourth-order valence-corrected chi connectivity index (χ4v) is 3.96. The molecule has 168 valence electrons. The zero-order valence-corrected chi connectivity index (χ0v) is 19.5. The van der Waals surface area contributed by atoms with Crippen LogP contribution in [-0.2, 0) is 6.54 Å². The number of hydrogen-bond donors (Lipinski definition) is 1. The number of hydrogen-bond acceptors (Lipinski definition) is 3. The minimum atomic E-state index is -0.272. The van der Waals surface area contributed by atoms with Crippen LogP contribution in [0.1, 0.15) is 40.5 Å². The number of nitrogens with zero attached hydrogens (tertiary/aromatic N) is 2. The van der Waals surface area contributed by atoms with E-state index in [2.05, 4.69) is 41.1 Å². The summed E-state index contributed by atoms with van der Waals surface area (Å²) >= 11 is 6.40. The Bertz CT molecular complexity index is 1290. The van der Waals surface area contributed by atoms with Gasteiger partial charge in [-0.25, -0.2) is 5.43 Å². The molecule has 6 heteroatoms. The van der Waals surface area contributed by atoms with Gasteiger partial charge in [0.05, 0.1) is 12.8 Å². The van der Waals surface area contributed by atoms with Crippen LogP contribution in [0.25, 0.3) is 10.9 Å². The third-order valence-electron chi connectivity index (χ3n) is 5.52. The van der Waals surface area contributed by atoms with Crippen molar-refractivity contribution in [3.8, 4) is 5.75 Å². The molecule has 1 aromatic heterocycles. The topological polar surface area (TPSA) is 55.6 Å². The Labute approximate surface area is 198 Å². The quantitative estimate of drug-likeness (QED) is 0.252. The van der Waals surface area contributed by atoms with Crippen LogP contribution in [0.4, 0.5) is 0 Å². The van der Waals surface area contributed by atoms with E-state index in [1.54, 1.807) is 30.5 Å². The van der Waals surface area contributed by atoms with Gasteiger partial charge >= 0.3 is 0 Å². The number of hydrazone groups is 1.